The Balaban J connectivity index is 2.02. The second kappa shape index (κ2) is 3.85. The van der Waals surface area contributed by atoms with Gasteiger partial charge in [0.2, 0.25) is 10.1 Å². The minimum atomic E-state index is -0.820. The fourth-order valence-corrected chi connectivity index (χ4v) is 2.01. The van der Waals surface area contributed by atoms with Gasteiger partial charge in [-0.1, -0.05) is 11.3 Å². The van der Waals surface area contributed by atoms with Crippen molar-refractivity contribution in [1.82, 2.24) is 14.6 Å². The molecule has 0 saturated heterocycles. The number of rotatable bonds is 4. The normalized spacial score (nSPS) is 10.7. The van der Waals surface area contributed by atoms with Gasteiger partial charge in [-0.25, -0.2) is 9.50 Å². The summed E-state index contributed by atoms with van der Waals surface area (Å²) in [4.78, 5) is 15.3. The first-order valence-electron chi connectivity index (χ1n) is 4.43. The first-order valence-corrected chi connectivity index (χ1v) is 5.25. The Morgan fingerprint density at radius 3 is 3.20 bits per heavy atom. The van der Waals surface area contributed by atoms with Crippen LogP contribution in [0.2, 0.25) is 0 Å². The van der Waals surface area contributed by atoms with E-state index in [9.17, 15) is 4.79 Å². The SMILES string of the molecule is Cc1cn2nc(NCCC(=O)O)sc2n1. The molecule has 0 radical (unpaired) electrons. The number of nitrogens with zero attached hydrogens (tertiary/aromatic N) is 3. The molecule has 15 heavy (non-hydrogen) atoms. The number of aliphatic carboxylic acids is 1. The van der Waals surface area contributed by atoms with Crippen LogP contribution in [0.15, 0.2) is 6.20 Å². The fourth-order valence-electron chi connectivity index (χ4n) is 1.16. The molecule has 2 heterocycles. The number of carbonyl (C=O) groups is 1. The molecule has 0 atom stereocenters. The summed E-state index contributed by atoms with van der Waals surface area (Å²) in [5.41, 5.74) is 0.922. The lowest BCUT2D eigenvalue weighted by molar-refractivity contribution is -0.136. The van der Waals surface area contributed by atoms with Gasteiger partial charge in [-0.05, 0) is 6.92 Å². The lowest BCUT2D eigenvalue weighted by Crippen LogP contribution is -2.07. The molecule has 2 aromatic heterocycles. The molecule has 7 heteroatoms. The molecular weight excluding hydrogens is 216 g/mol. The van der Waals surface area contributed by atoms with Crippen molar-refractivity contribution in [2.24, 2.45) is 0 Å². The van der Waals surface area contributed by atoms with Crippen LogP contribution in [0, 0.1) is 6.92 Å². The van der Waals surface area contributed by atoms with Gasteiger partial charge in [0.05, 0.1) is 18.3 Å². The van der Waals surface area contributed by atoms with Crippen LogP contribution in [-0.4, -0.2) is 32.2 Å². The molecule has 0 spiro atoms. The van der Waals surface area contributed by atoms with Gasteiger partial charge in [0.15, 0.2) is 0 Å². The highest BCUT2D eigenvalue weighted by atomic mass is 32.1. The molecule has 0 saturated carbocycles. The average Bonchev–Trinajstić information content (AvgIpc) is 2.60. The van der Waals surface area contributed by atoms with Gasteiger partial charge in [-0.15, -0.1) is 5.10 Å². The van der Waals surface area contributed by atoms with Crippen molar-refractivity contribution in [2.75, 3.05) is 11.9 Å². The van der Waals surface area contributed by atoms with Gasteiger partial charge >= 0.3 is 5.97 Å². The van der Waals surface area contributed by atoms with Gasteiger partial charge in [0, 0.05) is 6.54 Å². The molecule has 0 fully saturated rings. The number of carboxylic acids is 1. The highest BCUT2D eigenvalue weighted by Gasteiger charge is 2.05. The summed E-state index contributed by atoms with van der Waals surface area (Å²) in [5.74, 6) is -0.820. The lowest BCUT2D eigenvalue weighted by atomic mass is 10.4. The second-order valence-corrected chi connectivity index (χ2v) is 4.04. The van der Waals surface area contributed by atoms with E-state index in [0.717, 1.165) is 10.7 Å². The number of carboxylic acid groups (broad SMARTS) is 1. The highest BCUT2D eigenvalue weighted by Crippen LogP contribution is 2.18. The highest BCUT2D eigenvalue weighted by molar-refractivity contribution is 7.20. The number of hydrogen-bond donors (Lipinski definition) is 2. The molecule has 0 aromatic carbocycles. The third-order valence-corrected chi connectivity index (χ3v) is 2.66. The Kier molecular flexibility index (Phi) is 2.55. The van der Waals surface area contributed by atoms with Crippen molar-refractivity contribution < 1.29 is 9.90 Å². The molecule has 0 bridgehead atoms. The van der Waals surface area contributed by atoms with Crippen LogP contribution < -0.4 is 5.32 Å². The van der Waals surface area contributed by atoms with Crippen molar-refractivity contribution in [3.05, 3.63) is 11.9 Å². The third kappa shape index (κ3) is 2.24. The topological polar surface area (TPSA) is 79.5 Å². The van der Waals surface area contributed by atoms with Crippen LogP contribution >= 0.6 is 11.3 Å². The molecule has 2 aromatic rings. The number of nitrogens with one attached hydrogen (secondary N) is 1. The summed E-state index contributed by atoms with van der Waals surface area (Å²) >= 11 is 1.41. The van der Waals surface area contributed by atoms with Crippen LogP contribution in [0.4, 0.5) is 5.13 Å². The van der Waals surface area contributed by atoms with Gasteiger partial charge in [0.1, 0.15) is 0 Å². The summed E-state index contributed by atoms with van der Waals surface area (Å²) in [5, 5.41) is 16.3. The largest absolute Gasteiger partial charge is 0.481 e. The van der Waals surface area contributed by atoms with E-state index in [-0.39, 0.29) is 6.42 Å². The van der Waals surface area contributed by atoms with Gasteiger partial charge < -0.3 is 10.4 Å². The van der Waals surface area contributed by atoms with Crippen LogP contribution in [0.25, 0.3) is 4.96 Å². The van der Waals surface area contributed by atoms with Gasteiger partial charge in [-0.3, -0.25) is 4.79 Å². The Hall–Kier alpha value is -1.63. The van der Waals surface area contributed by atoms with E-state index >= 15 is 0 Å². The van der Waals surface area contributed by atoms with Gasteiger partial charge in [0.25, 0.3) is 0 Å². The number of hydrogen-bond acceptors (Lipinski definition) is 5. The van der Waals surface area contributed by atoms with Crippen molar-refractivity contribution >= 4 is 27.4 Å². The maximum Gasteiger partial charge on any atom is 0.305 e. The molecule has 0 aliphatic carbocycles. The zero-order chi connectivity index (χ0) is 10.8. The smallest absolute Gasteiger partial charge is 0.305 e. The zero-order valence-electron chi connectivity index (χ0n) is 8.10. The lowest BCUT2D eigenvalue weighted by Gasteiger charge is -1.96. The molecule has 2 N–H and O–H groups in total. The standard InChI is InChI=1S/C8H10N4O2S/c1-5-4-12-8(10-5)15-7(11-12)9-3-2-6(13)14/h4H,2-3H2,1H3,(H,9,11)(H,13,14). The van der Waals surface area contributed by atoms with E-state index < -0.39 is 5.97 Å². The Morgan fingerprint density at radius 1 is 1.73 bits per heavy atom. The van der Waals surface area contributed by atoms with E-state index in [0.29, 0.717) is 11.7 Å². The number of fused-ring (bicyclic) bond motifs is 1. The van der Waals surface area contributed by atoms with E-state index in [1.807, 2.05) is 13.1 Å². The van der Waals surface area contributed by atoms with E-state index in [4.69, 9.17) is 5.11 Å². The fraction of sp³-hybridized carbons (Fsp3) is 0.375. The predicted octanol–water partition coefficient (Wildman–Crippen LogP) is 0.986. The first kappa shape index (κ1) is 9.91. The Labute approximate surface area is 89.6 Å². The minimum absolute atomic E-state index is 0.0842. The second-order valence-electron chi connectivity index (χ2n) is 3.09. The maximum absolute atomic E-state index is 10.3. The average molecular weight is 226 g/mol. The van der Waals surface area contributed by atoms with Gasteiger partial charge in [-0.2, -0.15) is 0 Å². The van der Waals surface area contributed by atoms with Crippen molar-refractivity contribution in [3.8, 4) is 0 Å². The minimum Gasteiger partial charge on any atom is -0.481 e. The monoisotopic (exact) mass is 226 g/mol. The predicted molar refractivity (Wildman–Crippen MR) is 56.3 cm³/mol. The summed E-state index contributed by atoms with van der Waals surface area (Å²) in [7, 11) is 0. The number of imidazole rings is 1. The number of aryl methyl sites for hydroxylation is 1. The summed E-state index contributed by atoms with van der Waals surface area (Å²) < 4.78 is 1.68. The van der Waals surface area contributed by atoms with E-state index in [1.54, 1.807) is 4.52 Å². The third-order valence-electron chi connectivity index (χ3n) is 1.78. The molecule has 0 aliphatic rings. The Bertz CT molecular complexity index is 458. The van der Waals surface area contributed by atoms with Crippen LogP contribution in [0.3, 0.4) is 0 Å². The molecule has 2 rings (SSSR count). The molecule has 0 unspecified atom stereocenters. The first-order chi connectivity index (χ1) is 7.15. The Morgan fingerprint density at radius 2 is 2.53 bits per heavy atom. The van der Waals surface area contributed by atoms with Crippen LogP contribution in [0.1, 0.15) is 12.1 Å². The zero-order valence-corrected chi connectivity index (χ0v) is 8.91. The molecular formula is C8H10N4O2S. The molecule has 0 amide bonds. The van der Waals surface area contributed by atoms with E-state index in [2.05, 4.69) is 15.4 Å². The molecule has 0 aliphatic heterocycles. The summed E-state index contributed by atoms with van der Waals surface area (Å²) in [6.45, 7) is 2.28. The number of aromatic nitrogens is 3. The van der Waals surface area contributed by atoms with E-state index in [1.165, 1.54) is 11.3 Å². The summed E-state index contributed by atoms with van der Waals surface area (Å²) in [6, 6.07) is 0. The molecule has 80 valence electrons. The number of anilines is 1. The summed E-state index contributed by atoms with van der Waals surface area (Å²) in [6.07, 6.45) is 1.91. The van der Waals surface area contributed by atoms with Crippen molar-refractivity contribution in [1.29, 1.82) is 0 Å². The van der Waals surface area contributed by atoms with Crippen molar-refractivity contribution in [3.63, 3.8) is 0 Å². The quantitative estimate of drug-likeness (QED) is 0.812. The maximum atomic E-state index is 10.3. The van der Waals surface area contributed by atoms with Crippen LogP contribution in [-0.2, 0) is 4.79 Å². The van der Waals surface area contributed by atoms with Crippen LogP contribution in [0.5, 0.6) is 0 Å². The van der Waals surface area contributed by atoms with Crippen molar-refractivity contribution in [2.45, 2.75) is 13.3 Å². The molecule has 6 nitrogen and oxygen atoms in total.